The van der Waals surface area contributed by atoms with Crippen LogP contribution in [0.25, 0.3) is 10.4 Å². The van der Waals surface area contributed by atoms with Gasteiger partial charge < -0.3 is 10.4 Å². The molecule has 2 aromatic heterocycles. The molecule has 0 aliphatic carbocycles. The van der Waals surface area contributed by atoms with Gasteiger partial charge in [-0.3, -0.25) is 0 Å². The minimum Gasteiger partial charge on any atom is -0.508 e. The molecular weight excluding hydrogens is 298 g/mol. The number of rotatable bonds is 6. The van der Waals surface area contributed by atoms with E-state index in [0.29, 0.717) is 5.75 Å². The maximum Gasteiger partial charge on any atom is 0.115 e. The van der Waals surface area contributed by atoms with E-state index in [-0.39, 0.29) is 0 Å². The monoisotopic (exact) mass is 315 g/mol. The van der Waals surface area contributed by atoms with E-state index < -0.39 is 0 Å². The molecular formula is C17H17NOS2. The number of phenols is 1. The summed E-state index contributed by atoms with van der Waals surface area (Å²) in [7, 11) is 0. The van der Waals surface area contributed by atoms with Crippen LogP contribution in [0, 0.1) is 0 Å². The van der Waals surface area contributed by atoms with E-state index in [9.17, 15) is 5.11 Å². The van der Waals surface area contributed by atoms with Crippen LogP contribution in [0.3, 0.4) is 0 Å². The molecule has 0 atom stereocenters. The zero-order valence-electron chi connectivity index (χ0n) is 11.6. The Labute approximate surface area is 132 Å². The van der Waals surface area contributed by atoms with Crippen LogP contribution in [0.2, 0.25) is 0 Å². The highest BCUT2D eigenvalue weighted by molar-refractivity contribution is 7.14. The molecule has 0 amide bonds. The quantitative estimate of drug-likeness (QED) is 0.656. The Morgan fingerprint density at radius 1 is 1.05 bits per heavy atom. The van der Waals surface area contributed by atoms with Crippen molar-refractivity contribution in [2.24, 2.45) is 0 Å². The molecule has 2 nitrogen and oxygen atoms in total. The topological polar surface area (TPSA) is 32.3 Å². The van der Waals surface area contributed by atoms with Crippen molar-refractivity contribution < 1.29 is 5.11 Å². The highest BCUT2D eigenvalue weighted by atomic mass is 32.1. The van der Waals surface area contributed by atoms with Crippen molar-refractivity contribution in [3.8, 4) is 16.2 Å². The molecule has 2 N–H and O–H groups in total. The van der Waals surface area contributed by atoms with Crippen LogP contribution in [0.15, 0.2) is 53.2 Å². The smallest absolute Gasteiger partial charge is 0.115 e. The summed E-state index contributed by atoms with van der Waals surface area (Å²) < 4.78 is 0. The van der Waals surface area contributed by atoms with Crippen LogP contribution < -0.4 is 5.32 Å². The second-order valence-corrected chi connectivity index (χ2v) is 6.82. The number of hydrogen-bond acceptors (Lipinski definition) is 4. The van der Waals surface area contributed by atoms with E-state index in [4.69, 9.17) is 0 Å². The Balaban J connectivity index is 1.46. The number of aromatic hydroxyl groups is 1. The number of nitrogens with one attached hydrogen (secondary N) is 1. The summed E-state index contributed by atoms with van der Waals surface area (Å²) in [5.41, 5.74) is 2.57. The first-order chi connectivity index (χ1) is 10.3. The van der Waals surface area contributed by atoms with Crippen LogP contribution in [0.1, 0.15) is 10.4 Å². The highest BCUT2D eigenvalue weighted by Gasteiger charge is 2.03. The molecule has 1 aromatic carbocycles. The molecule has 0 unspecified atom stereocenters. The molecule has 0 aliphatic rings. The molecule has 4 heteroatoms. The Kier molecular flexibility index (Phi) is 4.70. The summed E-state index contributed by atoms with van der Waals surface area (Å²) in [6.07, 6.45) is 0.976. The van der Waals surface area contributed by atoms with Gasteiger partial charge in [0.15, 0.2) is 0 Å². The summed E-state index contributed by atoms with van der Waals surface area (Å²) >= 11 is 3.59. The molecule has 3 rings (SSSR count). The number of thiophene rings is 2. The molecule has 0 radical (unpaired) electrons. The molecule has 21 heavy (non-hydrogen) atoms. The van der Waals surface area contributed by atoms with Crippen LogP contribution in [-0.4, -0.2) is 11.7 Å². The third kappa shape index (κ3) is 3.94. The van der Waals surface area contributed by atoms with E-state index >= 15 is 0 Å². The van der Waals surface area contributed by atoms with Crippen molar-refractivity contribution in [3.63, 3.8) is 0 Å². The largest absolute Gasteiger partial charge is 0.508 e. The van der Waals surface area contributed by atoms with Gasteiger partial charge in [-0.15, -0.1) is 22.7 Å². The molecule has 3 aromatic rings. The molecule has 2 heterocycles. The Hall–Kier alpha value is -1.62. The Morgan fingerprint density at radius 2 is 1.90 bits per heavy atom. The zero-order valence-corrected chi connectivity index (χ0v) is 13.2. The lowest BCUT2D eigenvalue weighted by Crippen LogP contribution is -2.15. The summed E-state index contributed by atoms with van der Waals surface area (Å²) in [6, 6.07) is 13.9. The van der Waals surface area contributed by atoms with Crippen molar-refractivity contribution in [1.29, 1.82) is 0 Å². The first-order valence-corrected chi connectivity index (χ1v) is 8.67. The van der Waals surface area contributed by atoms with E-state index in [1.165, 1.54) is 20.9 Å². The number of hydrogen-bond donors (Lipinski definition) is 2. The second kappa shape index (κ2) is 6.89. The summed E-state index contributed by atoms with van der Waals surface area (Å²) in [5, 5.41) is 17.1. The summed E-state index contributed by atoms with van der Waals surface area (Å²) in [6.45, 7) is 1.85. The SMILES string of the molecule is Oc1ccc(CCNCc2cc(-c3cccs3)cs2)cc1. The van der Waals surface area contributed by atoms with Gasteiger partial charge in [0.05, 0.1) is 0 Å². The average molecular weight is 315 g/mol. The lowest BCUT2D eigenvalue weighted by Gasteiger charge is -2.03. The fraction of sp³-hybridized carbons (Fsp3) is 0.176. The van der Waals surface area contributed by atoms with Crippen molar-refractivity contribution in [2.45, 2.75) is 13.0 Å². The zero-order chi connectivity index (χ0) is 14.5. The average Bonchev–Trinajstić information content (AvgIpc) is 3.16. The minimum atomic E-state index is 0.325. The van der Waals surface area contributed by atoms with E-state index in [0.717, 1.165) is 19.5 Å². The van der Waals surface area contributed by atoms with Crippen molar-refractivity contribution in [3.05, 3.63) is 63.7 Å². The Morgan fingerprint density at radius 3 is 2.67 bits per heavy atom. The van der Waals surface area contributed by atoms with Gasteiger partial charge in [-0.05, 0) is 53.6 Å². The molecule has 0 aliphatic heterocycles. The van der Waals surface area contributed by atoms with Crippen molar-refractivity contribution in [1.82, 2.24) is 5.32 Å². The number of phenolic OH excluding ortho intramolecular Hbond substituents is 1. The normalized spacial score (nSPS) is 10.9. The van der Waals surface area contributed by atoms with E-state index in [1.807, 2.05) is 23.5 Å². The maximum atomic E-state index is 9.24. The van der Waals surface area contributed by atoms with Crippen molar-refractivity contribution in [2.75, 3.05) is 6.54 Å². The fourth-order valence-corrected chi connectivity index (χ4v) is 3.80. The highest BCUT2D eigenvalue weighted by Crippen LogP contribution is 2.29. The van der Waals surface area contributed by atoms with Crippen LogP contribution in [0.4, 0.5) is 0 Å². The van der Waals surface area contributed by atoms with E-state index in [1.54, 1.807) is 23.5 Å². The summed E-state index contributed by atoms with van der Waals surface area (Å²) in [4.78, 5) is 2.70. The maximum absolute atomic E-state index is 9.24. The predicted octanol–water partition coefficient (Wildman–Crippen LogP) is 4.51. The molecule has 0 saturated heterocycles. The van der Waals surface area contributed by atoms with Gasteiger partial charge in [-0.2, -0.15) is 0 Å². The first-order valence-electron chi connectivity index (χ1n) is 6.91. The fourth-order valence-electron chi connectivity index (χ4n) is 2.15. The lowest BCUT2D eigenvalue weighted by atomic mass is 10.1. The molecule has 0 bridgehead atoms. The lowest BCUT2D eigenvalue weighted by molar-refractivity contribution is 0.475. The van der Waals surface area contributed by atoms with Gasteiger partial charge in [-0.1, -0.05) is 18.2 Å². The molecule has 108 valence electrons. The van der Waals surface area contributed by atoms with Crippen LogP contribution in [-0.2, 0) is 13.0 Å². The van der Waals surface area contributed by atoms with Crippen LogP contribution >= 0.6 is 22.7 Å². The predicted molar refractivity (Wildman–Crippen MR) is 91.1 cm³/mol. The molecule has 0 saturated carbocycles. The van der Waals surface area contributed by atoms with Gasteiger partial charge in [0.1, 0.15) is 5.75 Å². The van der Waals surface area contributed by atoms with Gasteiger partial charge in [0.25, 0.3) is 0 Å². The van der Waals surface area contributed by atoms with Gasteiger partial charge in [-0.25, -0.2) is 0 Å². The van der Waals surface area contributed by atoms with Crippen LogP contribution in [0.5, 0.6) is 5.75 Å². The minimum absolute atomic E-state index is 0.325. The summed E-state index contributed by atoms with van der Waals surface area (Å²) in [5.74, 6) is 0.325. The van der Waals surface area contributed by atoms with E-state index in [2.05, 4.69) is 34.3 Å². The standard InChI is InChI=1S/C17H17NOS2/c19-15-5-3-13(4-6-15)7-8-18-11-16-10-14(12-21-16)17-2-1-9-20-17/h1-6,9-10,12,18-19H,7-8,11H2. The Bertz CT molecular complexity index is 671. The third-order valence-electron chi connectivity index (χ3n) is 3.29. The van der Waals surface area contributed by atoms with Crippen molar-refractivity contribution >= 4 is 22.7 Å². The van der Waals surface area contributed by atoms with Gasteiger partial charge in [0.2, 0.25) is 0 Å². The molecule has 0 spiro atoms. The number of benzene rings is 1. The van der Waals surface area contributed by atoms with Gasteiger partial charge in [0, 0.05) is 21.9 Å². The third-order valence-corrected chi connectivity index (χ3v) is 5.14. The second-order valence-electron chi connectivity index (χ2n) is 4.87. The molecule has 0 fully saturated rings. The van der Waals surface area contributed by atoms with Gasteiger partial charge >= 0.3 is 0 Å². The first kappa shape index (κ1) is 14.3.